The van der Waals surface area contributed by atoms with Crippen LogP contribution in [0.4, 0.5) is 0 Å². The summed E-state index contributed by atoms with van der Waals surface area (Å²) in [5, 5.41) is 15.1. The van der Waals surface area contributed by atoms with Crippen molar-refractivity contribution in [3.8, 4) is 0 Å². The second-order valence-electron chi connectivity index (χ2n) is 4.18. The second-order valence-corrected chi connectivity index (χ2v) is 5.07. The van der Waals surface area contributed by atoms with Crippen molar-refractivity contribution in [3.05, 3.63) is 58.3 Å². The Morgan fingerprint density at radius 3 is 2.83 bits per heavy atom. The van der Waals surface area contributed by atoms with Crippen molar-refractivity contribution in [1.82, 2.24) is 9.97 Å². The number of aliphatic hydroxyl groups is 1. The lowest BCUT2D eigenvalue weighted by Gasteiger charge is -2.10. The van der Waals surface area contributed by atoms with Gasteiger partial charge in [0.15, 0.2) is 0 Å². The van der Waals surface area contributed by atoms with Crippen LogP contribution in [-0.4, -0.2) is 15.1 Å². The van der Waals surface area contributed by atoms with Crippen molar-refractivity contribution in [1.29, 1.82) is 0 Å². The van der Waals surface area contributed by atoms with E-state index < -0.39 is 6.10 Å². The van der Waals surface area contributed by atoms with E-state index in [1.165, 1.54) is 11.3 Å². The molecule has 3 nitrogen and oxygen atoms in total. The van der Waals surface area contributed by atoms with Gasteiger partial charge in [-0.2, -0.15) is 0 Å². The summed E-state index contributed by atoms with van der Waals surface area (Å²) in [4.78, 5) is 8.52. The summed E-state index contributed by atoms with van der Waals surface area (Å²) in [6, 6.07) is 7.92. The first-order chi connectivity index (χ1) is 8.75. The number of thiazole rings is 1. The van der Waals surface area contributed by atoms with Gasteiger partial charge >= 0.3 is 0 Å². The third-order valence-corrected chi connectivity index (χ3v) is 3.88. The molecule has 0 aliphatic heterocycles. The summed E-state index contributed by atoms with van der Waals surface area (Å²) in [5.41, 5.74) is 1.74. The van der Waals surface area contributed by atoms with Crippen LogP contribution in [-0.2, 0) is 0 Å². The Bertz CT molecular complexity index is 688. The van der Waals surface area contributed by atoms with Gasteiger partial charge in [-0.3, -0.25) is 4.98 Å². The van der Waals surface area contributed by atoms with Gasteiger partial charge in [0.25, 0.3) is 0 Å². The normalized spacial score (nSPS) is 12.8. The molecule has 1 N–H and O–H groups in total. The number of rotatable bonds is 2. The zero-order valence-corrected chi connectivity index (χ0v) is 10.7. The fourth-order valence-electron chi connectivity index (χ4n) is 1.99. The van der Waals surface area contributed by atoms with Gasteiger partial charge in [0.1, 0.15) is 11.1 Å². The van der Waals surface area contributed by atoms with Gasteiger partial charge in [-0.05, 0) is 12.3 Å². The molecular weight excluding hydrogens is 244 g/mol. The third kappa shape index (κ3) is 1.89. The summed E-state index contributed by atoms with van der Waals surface area (Å²) in [6.07, 6.45) is 2.81. The van der Waals surface area contributed by atoms with Gasteiger partial charge < -0.3 is 5.11 Å². The molecule has 1 atom stereocenters. The topological polar surface area (TPSA) is 46.0 Å². The molecule has 1 aromatic carbocycles. The summed E-state index contributed by atoms with van der Waals surface area (Å²) < 4.78 is 0. The minimum Gasteiger partial charge on any atom is -0.381 e. The SMILES string of the molecule is Cc1csc(C(O)c2cncc3ccccc23)n1. The standard InChI is InChI=1S/C14H12N2OS/c1-9-8-18-14(16-9)13(17)12-7-15-6-10-4-2-3-5-11(10)12/h2-8,13,17H,1H3. The fourth-order valence-corrected chi connectivity index (χ4v) is 2.79. The summed E-state index contributed by atoms with van der Waals surface area (Å²) in [5.74, 6) is 0. The molecule has 90 valence electrons. The first-order valence-corrected chi connectivity index (χ1v) is 6.56. The van der Waals surface area contributed by atoms with Crippen molar-refractivity contribution in [3.63, 3.8) is 0 Å². The van der Waals surface area contributed by atoms with Gasteiger partial charge in [0, 0.05) is 34.4 Å². The molecule has 1 unspecified atom stereocenters. The molecule has 0 radical (unpaired) electrons. The Morgan fingerprint density at radius 2 is 2.06 bits per heavy atom. The summed E-state index contributed by atoms with van der Waals surface area (Å²) in [6.45, 7) is 1.92. The Kier molecular flexibility index (Phi) is 2.81. The van der Waals surface area contributed by atoms with Crippen LogP contribution in [0.2, 0.25) is 0 Å². The maximum atomic E-state index is 10.4. The number of benzene rings is 1. The van der Waals surface area contributed by atoms with E-state index in [1.807, 2.05) is 36.6 Å². The van der Waals surface area contributed by atoms with Crippen LogP contribution in [0.15, 0.2) is 42.0 Å². The van der Waals surface area contributed by atoms with E-state index in [2.05, 4.69) is 9.97 Å². The first kappa shape index (κ1) is 11.3. The van der Waals surface area contributed by atoms with Crippen LogP contribution in [0.1, 0.15) is 22.4 Å². The number of aromatic nitrogens is 2. The molecule has 18 heavy (non-hydrogen) atoms. The van der Waals surface area contributed by atoms with Crippen LogP contribution < -0.4 is 0 Å². The molecule has 2 aromatic heterocycles. The molecule has 3 aromatic rings. The molecule has 0 saturated heterocycles. The Balaban J connectivity index is 2.14. The predicted octanol–water partition coefficient (Wildman–Crippen LogP) is 3.08. The van der Waals surface area contributed by atoms with E-state index in [-0.39, 0.29) is 0 Å². The Labute approximate surface area is 109 Å². The van der Waals surface area contributed by atoms with Gasteiger partial charge in [0.05, 0.1) is 0 Å². The molecule has 0 amide bonds. The van der Waals surface area contributed by atoms with E-state index in [0.717, 1.165) is 22.0 Å². The maximum absolute atomic E-state index is 10.4. The van der Waals surface area contributed by atoms with E-state index in [1.54, 1.807) is 12.4 Å². The van der Waals surface area contributed by atoms with Crippen LogP contribution in [0.25, 0.3) is 10.8 Å². The highest BCUT2D eigenvalue weighted by atomic mass is 32.1. The van der Waals surface area contributed by atoms with Crippen LogP contribution in [0.5, 0.6) is 0 Å². The lowest BCUT2D eigenvalue weighted by molar-refractivity contribution is 0.221. The monoisotopic (exact) mass is 256 g/mol. The van der Waals surface area contributed by atoms with Crippen molar-refractivity contribution >= 4 is 22.1 Å². The molecule has 0 saturated carbocycles. The highest BCUT2D eigenvalue weighted by Crippen LogP contribution is 2.29. The molecule has 0 spiro atoms. The van der Waals surface area contributed by atoms with Crippen molar-refractivity contribution in [2.45, 2.75) is 13.0 Å². The highest BCUT2D eigenvalue weighted by molar-refractivity contribution is 7.09. The predicted molar refractivity (Wildman–Crippen MR) is 72.7 cm³/mol. The van der Waals surface area contributed by atoms with Crippen LogP contribution in [0, 0.1) is 6.92 Å². The molecule has 0 aliphatic rings. The lowest BCUT2D eigenvalue weighted by atomic mass is 10.0. The Hall–Kier alpha value is -1.78. The van der Waals surface area contributed by atoms with Gasteiger partial charge in [0.2, 0.25) is 0 Å². The van der Waals surface area contributed by atoms with Crippen LogP contribution >= 0.6 is 11.3 Å². The number of pyridine rings is 1. The number of nitrogens with zero attached hydrogens (tertiary/aromatic N) is 2. The van der Waals surface area contributed by atoms with Gasteiger partial charge in [-0.1, -0.05) is 24.3 Å². The van der Waals surface area contributed by atoms with E-state index >= 15 is 0 Å². The smallest absolute Gasteiger partial charge is 0.133 e. The Morgan fingerprint density at radius 1 is 1.22 bits per heavy atom. The highest BCUT2D eigenvalue weighted by Gasteiger charge is 2.16. The summed E-state index contributed by atoms with van der Waals surface area (Å²) in [7, 11) is 0. The molecule has 0 fully saturated rings. The van der Waals surface area contributed by atoms with Gasteiger partial charge in [-0.25, -0.2) is 4.98 Å². The molecule has 3 rings (SSSR count). The average Bonchev–Trinajstić information content (AvgIpc) is 2.84. The average molecular weight is 256 g/mol. The molecule has 2 heterocycles. The zero-order valence-electron chi connectivity index (χ0n) is 9.87. The molecular formula is C14H12N2OS. The van der Waals surface area contributed by atoms with Crippen molar-refractivity contribution in [2.24, 2.45) is 0 Å². The van der Waals surface area contributed by atoms with Crippen molar-refractivity contribution < 1.29 is 5.11 Å². The third-order valence-electron chi connectivity index (χ3n) is 2.86. The van der Waals surface area contributed by atoms with E-state index in [9.17, 15) is 5.11 Å². The number of fused-ring (bicyclic) bond motifs is 1. The van der Waals surface area contributed by atoms with Crippen LogP contribution in [0.3, 0.4) is 0 Å². The minimum atomic E-state index is -0.706. The summed E-state index contributed by atoms with van der Waals surface area (Å²) >= 11 is 1.47. The quantitative estimate of drug-likeness (QED) is 0.766. The molecule has 0 aliphatic carbocycles. The maximum Gasteiger partial charge on any atom is 0.133 e. The minimum absolute atomic E-state index is 0.706. The lowest BCUT2D eigenvalue weighted by Crippen LogP contribution is -2.01. The number of aryl methyl sites for hydroxylation is 1. The number of aliphatic hydroxyl groups excluding tert-OH is 1. The number of hydrogen-bond donors (Lipinski definition) is 1. The van der Waals surface area contributed by atoms with E-state index in [0.29, 0.717) is 5.01 Å². The van der Waals surface area contributed by atoms with E-state index in [4.69, 9.17) is 0 Å². The number of hydrogen-bond acceptors (Lipinski definition) is 4. The molecule has 0 bridgehead atoms. The molecule has 4 heteroatoms. The van der Waals surface area contributed by atoms with Gasteiger partial charge in [-0.15, -0.1) is 11.3 Å². The fraction of sp³-hybridized carbons (Fsp3) is 0.143. The van der Waals surface area contributed by atoms with Crippen molar-refractivity contribution in [2.75, 3.05) is 0 Å². The zero-order chi connectivity index (χ0) is 12.5. The second kappa shape index (κ2) is 4.48. The largest absolute Gasteiger partial charge is 0.381 e. The first-order valence-electron chi connectivity index (χ1n) is 5.68.